The quantitative estimate of drug-likeness (QED) is 0.0219. The molecule has 0 aromatic heterocycles. The first-order chi connectivity index (χ1) is 28.7. The summed E-state index contributed by atoms with van der Waals surface area (Å²) in [5.74, 6) is -0.700. The number of amides is 1. The van der Waals surface area contributed by atoms with E-state index in [0.717, 1.165) is 44.9 Å². The zero-order chi connectivity index (χ0) is 43.4. The van der Waals surface area contributed by atoms with Crippen LogP contribution in [0.3, 0.4) is 0 Å². The number of nitrogens with one attached hydrogen (secondary N) is 1. The Hall–Kier alpha value is -1.15. The zero-order valence-electron chi connectivity index (χ0n) is 37.7. The van der Waals surface area contributed by atoms with E-state index < -0.39 is 74.2 Å². The van der Waals surface area contributed by atoms with Crippen LogP contribution < -0.4 is 5.32 Å². The number of unbranched alkanes of at least 4 members (excludes halogenated alkanes) is 27. The monoisotopic (exact) mass is 844 g/mol. The summed E-state index contributed by atoms with van der Waals surface area (Å²) in [6.07, 6.45) is 30.0. The van der Waals surface area contributed by atoms with Crippen LogP contribution in [0.2, 0.25) is 0 Å². The number of ether oxygens (including phenoxy) is 2. The SMILES string of the molecule is CCCCCCCCCCCCCC/C=C\CCCCCCCCCC(O)C(=O)NC(COC1OC(CO)C(O)C(O)C1O)C(O)C(O)CCCCCCCCCCC. The fourth-order valence-electron chi connectivity index (χ4n) is 7.96. The van der Waals surface area contributed by atoms with Gasteiger partial charge in [0.2, 0.25) is 5.91 Å². The normalized spacial score (nSPS) is 21.8. The van der Waals surface area contributed by atoms with Crippen LogP contribution in [-0.4, -0.2) is 110 Å². The molecular formula is C48H93NO10. The maximum atomic E-state index is 13.1. The van der Waals surface area contributed by atoms with Crippen molar-refractivity contribution in [1.82, 2.24) is 5.32 Å². The topological polar surface area (TPSA) is 189 Å². The predicted octanol–water partition coefficient (Wildman–Crippen LogP) is 8.45. The highest BCUT2D eigenvalue weighted by molar-refractivity contribution is 5.80. The summed E-state index contributed by atoms with van der Waals surface area (Å²) in [5.41, 5.74) is 0. The maximum Gasteiger partial charge on any atom is 0.249 e. The zero-order valence-corrected chi connectivity index (χ0v) is 37.7. The second kappa shape index (κ2) is 38.5. The Morgan fingerprint density at radius 2 is 0.983 bits per heavy atom. The molecule has 9 atom stereocenters. The van der Waals surface area contributed by atoms with Gasteiger partial charge in [-0.05, 0) is 38.5 Å². The third-order valence-electron chi connectivity index (χ3n) is 12.1. The first-order valence-electron chi connectivity index (χ1n) is 24.6. The summed E-state index contributed by atoms with van der Waals surface area (Å²) in [4.78, 5) is 13.1. The molecule has 59 heavy (non-hydrogen) atoms. The van der Waals surface area contributed by atoms with Crippen LogP contribution in [0.4, 0.5) is 0 Å². The summed E-state index contributed by atoms with van der Waals surface area (Å²) in [6, 6.07) is -1.16. The number of aliphatic hydroxyl groups excluding tert-OH is 7. The number of hydrogen-bond donors (Lipinski definition) is 8. The van der Waals surface area contributed by atoms with Crippen LogP contribution in [0.5, 0.6) is 0 Å². The predicted molar refractivity (Wildman–Crippen MR) is 238 cm³/mol. The minimum absolute atomic E-state index is 0.257. The Labute approximate surface area is 360 Å². The van der Waals surface area contributed by atoms with Gasteiger partial charge in [-0.2, -0.15) is 0 Å². The van der Waals surface area contributed by atoms with Crippen molar-refractivity contribution in [1.29, 1.82) is 0 Å². The average Bonchev–Trinajstić information content (AvgIpc) is 3.23. The van der Waals surface area contributed by atoms with E-state index in [1.807, 2.05) is 0 Å². The van der Waals surface area contributed by atoms with Crippen LogP contribution in [0.15, 0.2) is 12.2 Å². The summed E-state index contributed by atoms with van der Waals surface area (Å²) in [6.45, 7) is 3.42. The second-order valence-corrected chi connectivity index (χ2v) is 17.5. The van der Waals surface area contributed by atoms with E-state index in [2.05, 4.69) is 31.3 Å². The van der Waals surface area contributed by atoms with Gasteiger partial charge in [-0.3, -0.25) is 4.79 Å². The molecule has 1 heterocycles. The molecule has 0 radical (unpaired) electrons. The molecule has 11 heteroatoms. The Morgan fingerprint density at radius 1 is 0.576 bits per heavy atom. The molecule has 1 aliphatic rings. The van der Waals surface area contributed by atoms with Crippen molar-refractivity contribution >= 4 is 5.91 Å². The summed E-state index contributed by atoms with van der Waals surface area (Å²) in [7, 11) is 0. The maximum absolute atomic E-state index is 13.1. The lowest BCUT2D eigenvalue weighted by Crippen LogP contribution is -2.60. The summed E-state index contributed by atoms with van der Waals surface area (Å²) >= 11 is 0. The molecule has 0 aromatic rings. The Bertz CT molecular complexity index is 970. The molecule has 1 aliphatic heterocycles. The lowest BCUT2D eigenvalue weighted by atomic mass is 9.98. The van der Waals surface area contributed by atoms with Crippen LogP contribution in [-0.2, 0) is 14.3 Å². The van der Waals surface area contributed by atoms with E-state index in [1.54, 1.807) is 0 Å². The fourth-order valence-corrected chi connectivity index (χ4v) is 7.96. The van der Waals surface area contributed by atoms with E-state index in [1.165, 1.54) is 135 Å². The van der Waals surface area contributed by atoms with Gasteiger partial charge in [0.15, 0.2) is 6.29 Å². The number of aliphatic hydroxyl groups is 7. The van der Waals surface area contributed by atoms with Gasteiger partial charge in [-0.1, -0.05) is 193 Å². The standard InChI is InChI=1S/C48H93NO10/c1-3-5-7-9-11-13-14-15-16-17-18-19-20-21-22-23-24-25-26-28-30-32-34-36-41(52)47(57)49-39(38-58-48-46(56)45(55)44(54)42(37-50)59-48)43(53)40(51)35-33-31-29-27-12-10-8-6-4-2/h21-22,39-46,48,50-56H,3-20,23-38H2,1-2H3,(H,49,57)/b22-21-. The molecule has 8 N–H and O–H groups in total. The lowest BCUT2D eigenvalue weighted by Gasteiger charge is -2.40. The first kappa shape index (κ1) is 55.9. The van der Waals surface area contributed by atoms with Gasteiger partial charge in [-0.25, -0.2) is 0 Å². The van der Waals surface area contributed by atoms with Crippen LogP contribution >= 0.6 is 0 Å². The van der Waals surface area contributed by atoms with Crippen molar-refractivity contribution in [3.63, 3.8) is 0 Å². The molecule has 1 fully saturated rings. The first-order valence-corrected chi connectivity index (χ1v) is 24.6. The molecule has 9 unspecified atom stereocenters. The molecule has 0 saturated carbocycles. The highest BCUT2D eigenvalue weighted by Crippen LogP contribution is 2.23. The van der Waals surface area contributed by atoms with Gasteiger partial charge in [0, 0.05) is 0 Å². The van der Waals surface area contributed by atoms with Crippen molar-refractivity contribution in [3.05, 3.63) is 12.2 Å². The van der Waals surface area contributed by atoms with E-state index in [9.17, 15) is 40.5 Å². The molecule has 0 aromatic carbocycles. The van der Waals surface area contributed by atoms with Crippen molar-refractivity contribution in [2.75, 3.05) is 13.2 Å². The third kappa shape index (κ3) is 28.2. The lowest BCUT2D eigenvalue weighted by molar-refractivity contribution is -0.303. The van der Waals surface area contributed by atoms with Crippen molar-refractivity contribution in [2.24, 2.45) is 0 Å². The van der Waals surface area contributed by atoms with Gasteiger partial charge in [0.1, 0.15) is 36.6 Å². The number of allylic oxidation sites excluding steroid dienone is 2. The molecule has 350 valence electrons. The van der Waals surface area contributed by atoms with E-state index in [-0.39, 0.29) is 6.42 Å². The molecule has 1 rings (SSSR count). The van der Waals surface area contributed by atoms with E-state index in [0.29, 0.717) is 19.3 Å². The molecule has 1 amide bonds. The van der Waals surface area contributed by atoms with Gasteiger partial charge in [0.05, 0.1) is 25.4 Å². The van der Waals surface area contributed by atoms with Crippen molar-refractivity contribution in [3.8, 4) is 0 Å². The molecule has 1 saturated heterocycles. The number of carbonyl (C=O) groups is 1. The smallest absolute Gasteiger partial charge is 0.249 e. The number of rotatable bonds is 41. The average molecular weight is 844 g/mol. The van der Waals surface area contributed by atoms with E-state index in [4.69, 9.17) is 9.47 Å². The van der Waals surface area contributed by atoms with Crippen LogP contribution in [0, 0.1) is 0 Å². The summed E-state index contributed by atoms with van der Waals surface area (Å²) in [5, 5.41) is 75.5. The van der Waals surface area contributed by atoms with Crippen LogP contribution in [0.25, 0.3) is 0 Å². The minimum atomic E-state index is -1.66. The van der Waals surface area contributed by atoms with Gasteiger partial charge < -0.3 is 50.5 Å². The Kier molecular flexibility index (Phi) is 36.5. The molecular weight excluding hydrogens is 751 g/mol. The molecule has 0 spiro atoms. The molecule has 11 nitrogen and oxygen atoms in total. The molecule has 0 bridgehead atoms. The Morgan fingerprint density at radius 3 is 1.42 bits per heavy atom. The highest BCUT2D eigenvalue weighted by Gasteiger charge is 2.44. The number of hydrogen-bond acceptors (Lipinski definition) is 10. The fraction of sp³-hybridized carbons (Fsp3) is 0.938. The van der Waals surface area contributed by atoms with Gasteiger partial charge in [0.25, 0.3) is 0 Å². The molecule has 0 aliphatic carbocycles. The van der Waals surface area contributed by atoms with Gasteiger partial charge in [-0.15, -0.1) is 0 Å². The second-order valence-electron chi connectivity index (χ2n) is 17.5. The summed E-state index contributed by atoms with van der Waals surface area (Å²) < 4.78 is 11.1. The number of carbonyl (C=O) groups excluding carboxylic acids is 1. The minimum Gasteiger partial charge on any atom is -0.394 e. The largest absolute Gasteiger partial charge is 0.394 e. The van der Waals surface area contributed by atoms with E-state index >= 15 is 0 Å². The third-order valence-corrected chi connectivity index (χ3v) is 12.1. The highest BCUT2D eigenvalue weighted by atomic mass is 16.7. The van der Waals surface area contributed by atoms with Crippen molar-refractivity contribution in [2.45, 2.75) is 274 Å². The van der Waals surface area contributed by atoms with Crippen molar-refractivity contribution < 1.29 is 50.0 Å². The van der Waals surface area contributed by atoms with Gasteiger partial charge >= 0.3 is 0 Å². The Balaban J connectivity index is 2.32. The van der Waals surface area contributed by atoms with Crippen LogP contribution in [0.1, 0.15) is 219 Å².